The van der Waals surface area contributed by atoms with E-state index >= 15 is 0 Å². The van der Waals surface area contributed by atoms with Gasteiger partial charge in [0.05, 0.1) is 29.5 Å². The molecule has 0 saturated carbocycles. The molecule has 2 aromatic rings. The van der Waals surface area contributed by atoms with E-state index in [1.54, 1.807) is 24.3 Å². The first-order valence-corrected chi connectivity index (χ1v) is 9.19. The van der Waals surface area contributed by atoms with E-state index in [2.05, 4.69) is 10.3 Å². The second-order valence-corrected chi connectivity index (χ2v) is 7.01. The summed E-state index contributed by atoms with van der Waals surface area (Å²) >= 11 is 0. The van der Waals surface area contributed by atoms with Crippen molar-refractivity contribution in [3.8, 4) is 0 Å². The van der Waals surface area contributed by atoms with Crippen LogP contribution in [-0.4, -0.2) is 27.1 Å². The molecule has 3 N–H and O–H groups in total. The molecule has 0 aliphatic rings. The standard InChI is InChI=1S/C14H19NO3.C7H6F3NO/c1-9(2)8-13(16)15-10(3)11-4-6-12(7-5-11)14(17)18;8-7(9,10)5-1-2-6(4-12)11-3-5/h4-7,9-10H,8H2,1-3H3,(H,15,16)(H,17,18);1-3,12H,4H2. The number of carbonyl (C=O) groups is 2. The molecule has 6 nitrogen and oxygen atoms in total. The van der Waals surface area contributed by atoms with E-state index in [1.807, 2.05) is 20.8 Å². The van der Waals surface area contributed by atoms with Crippen molar-refractivity contribution < 1.29 is 33.0 Å². The number of rotatable bonds is 6. The first-order valence-electron chi connectivity index (χ1n) is 9.19. The molecule has 9 heteroatoms. The van der Waals surface area contributed by atoms with Crippen molar-refractivity contribution >= 4 is 11.9 Å². The Kier molecular flexibility index (Phi) is 9.45. The molecule has 1 amide bonds. The highest BCUT2D eigenvalue weighted by atomic mass is 19.4. The van der Waals surface area contributed by atoms with Crippen LogP contribution in [0.15, 0.2) is 42.6 Å². The molecule has 30 heavy (non-hydrogen) atoms. The fourth-order valence-corrected chi connectivity index (χ4v) is 2.35. The van der Waals surface area contributed by atoms with Crippen LogP contribution >= 0.6 is 0 Å². The second-order valence-electron chi connectivity index (χ2n) is 7.01. The van der Waals surface area contributed by atoms with Crippen LogP contribution in [0.5, 0.6) is 0 Å². The number of hydrogen-bond acceptors (Lipinski definition) is 4. The molecule has 2 rings (SSSR count). The smallest absolute Gasteiger partial charge is 0.417 e. The zero-order valence-corrected chi connectivity index (χ0v) is 16.9. The minimum atomic E-state index is -4.36. The van der Waals surface area contributed by atoms with E-state index in [-0.39, 0.29) is 29.8 Å². The lowest BCUT2D eigenvalue weighted by molar-refractivity contribution is -0.137. The van der Waals surface area contributed by atoms with Crippen molar-refractivity contribution in [1.82, 2.24) is 10.3 Å². The average Bonchev–Trinajstić information content (AvgIpc) is 2.67. The number of hydrogen-bond donors (Lipinski definition) is 3. The summed E-state index contributed by atoms with van der Waals surface area (Å²) in [5.41, 5.74) is 0.569. The van der Waals surface area contributed by atoms with Gasteiger partial charge in [0.25, 0.3) is 0 Å². The Labute approximate surface area is 172 Å². The summed E-state index contributed by atoms with van der Waals surface area (Å²) in [7, 11) is 0. The summed E-state index contributed by atoms with van der Waals surface area (Å²) in [4.78, 5) is 25.7. The lowest BCUT2D eigenvalue weighted by Gasteiger charge is -2.15. The Morgan fingerprint density at radius 2 is 1.67 bits per heavy atom. The molecule has 1 unspecified atom stereocenters. The monoisotopic (exact) mass is 426 g/mol. The Morgan fingerprint density at radius 3 is 2.07 bits per heavy atom. The maximum atomic E-state index is 11.9. The number of aliphatic hydroxyl groups is 1. The van der Waals surface area contributed by atoms with E-state index in [4.69, 9.17) is 10.2 Å². The van der Waals surface area contributed by atoms with E-state index in [9.17, 15) is 22.8 Å². The summed E-state index contributed by atoms with van der Waals surface area (Å²) in [6.07, 6.45) is -3.16. The van der Waals surface area contributed by atoms with Crippen molar-refractivity contribution in [1.29, 1.82) is 0 Å². The molecule has 1 heterocycles. The number of aromatic nitrogens is 1. The summed E-state index contributed by atoms with van der Waals surface area (Å²) in [5.74, 6) is -0.607. The molecule has 0 saturated heterocycles. The molecule has 1 aromatic carbocycles. The Hall–Kier alpha value is -2.94. The fourth-order valence-electron chi connectivity index (χ4n) is 2.35. The van der Waals surface area contributed by atoms with Crippen LogP contribution in [0.25, 0.3) is 0 Å². The normalized spacial score (nSPS) is 12.0. The number of halogens is 3. The molecule has 0 aliphatic carbocycles. The van der Waals surface area contributed by atoms with Gasteiger partial charge < -0.3 is 15.5 Å². The third-order valence-electron chi connectivity index (χ3n) is 3.94. The van der Waals surface area contributed by atoms with Crippen LogP contribution in [-0.2, 0) is 17.6 Å². The lowest BCUT2D eigenvalue weighted by atomic mass is 10.1. The van der Waals surface area contributed by atoms with E-state index in [0.717, 1.165) is 17.7 Å². The van der Waals surface area contributed by atoms with Gasteiger partial charge in [-0.2, -0.15) is 13.2 Å². The number of aliphatic hydroxyl groups excluding tert-OH is 1. The van der Waals surface area contributed by atoms with Gasteiger partial charge in [0.2, 0.25) is 5.91 Å². The largest absolute Gasteiger partial charge is 0.478 e. The number of nitrogens with one attached hydrogen (secondary N) is 1. The fraction of sp³-hybridized carbons (Fsp3) is 0.381. The Bertz CT molecular complexity index is 820. The van der Waals surface area contributed by atoms with Gasteiger partial charge in [-0.3, -0.25) is 9.78 Å². The van der Waals surface area contributed by atoms with E-state index in [0.29, 0.717) is 18.5 Å². The van der Waals surface area contributed by atoms with Crippen LogP contribution in [0.2, 0.25) is 0 Å². The molecule has 0 fully saturated rings. The predicted octanol–water partition coefficient (Wildman–Crippen LogP) is 4.20. The lowest BCUT2D eigenvalue weighted by Crippen LogP contribution is -2.27. The SMILES string of the molecule is CC(C)CC(=O)NC(C)c1ccc(C(=O)O)cc1.OCc1ccc(C(F)(F)F)cn1. The molecule has 1 aromatic heterocycles. The van der Waals surface area contributed by atoms with Crippen LogP contribution in [0.1, 0.15) is 60.4 Å². The summed E-state index contributed by atoms with van der Waals surface area (Å²) in [6.45, 7) is 5.52. The van der Waals surface area contributed by atoms with Gasteiger partial charge in [-0.05, 0) is 42.7 Å². The third-order valence-corrected chi connectivity index (χ3v) is 3.94. The maximum Gasteiger partial charge on any atom is 0.417 e. The van der Waals surface area contributed by atoms with E-state index in [1.165, 1.54) is 0 Å². The van der Waals surface area contributed by atoms with Crippen LogP contribution in [0.4, 0.5) is 13.2 Å². The van der Waals surface area contributed by atoms with Crippen molar-refractivity contribution in [2.24, 2.45) is 5.92 Å². The van der Waals surface area contributed by atoms with Crippen molar-refractivity contribution in [2.75, 3.05) is 0 Å². The first kappa shape index (κ1) is 25.1. The number of alkyl halides is 3. The first-order chi connectivity index (χ1) is 13.9. The third kappa shape index (κ3) is 8.60. The number of amides is 1. The molecule has 0 bridgehead atoms. The summed E-state index contributed by atoms with van der Waals surface area (Å²) in [5, 5.41) is 20.2. The van der Waals surface area contributed by atoms with Gasteiger partial charge in [-0.15, -0.1) is 0 Å². The molecular weight excluding hydrogens is 401 g/mol. The van der Waals surface area contributed by atoms with Crippen molar-refractivity contribution in [2.45, 2.75) is 46.0 Å². The topological polar surface area (TPSA) is 99.5 Å². The van der Waals surface area contributed by atoms with Crippen LogP contribution < -0.4 is 5.32 Å². The van der Waals surface area contributed by atoms with Gasteiger partial charge in [-0.25, -0.2) is 4.79 Å². The van der Waals surface area contributed by atoms with Gasteiger partial charge in [-0.1, -0.05) is 26.0 Å². The molecule has 164 valence electrons. The van der Waals surface area contributed by atoms with Crippen LogP contribution in [0.3, 0.4) is 0 Å². The number of carboxylic acid groups (broad SMARTS) is 1. The molecule has 0 radical (unpaired) electrons. The van der Waals surface area contributed by atoms with Gasteiger partial charge in [0.1, 0.15) is 0 Å². The van der Waals surface area contributed by atoms with Gasteiger partial charge in [0, 0.05) is 12.6 Å². The minimum Gasteiger partial charge on any atom is -0.478 e. The number of carboxylic acids is 1. The highest BCUT2D eigenvalue weighted by molar-refractivity contribution is 5.87. The summed E-state index contributed by atoms with van der Waals surface area (Å²) < 4.78 is 35.8. The maximum absolute atomic E-state index is 11.9. The van der Waals surface area contributed by atoms with Crippen molar-refractivity contribution in [3.63, 3.8) is 0 Å². The summed E-state index contributed by atoms with van der Waals surface area (Å²) in [6, 6.07) is 8.46. The number of carbonyl (C=O) groups excluding carboxylic acids is 1. The van der Waals surface area contributed by atoms with E-state index < -0.39 is 17.7 Å². The number of aromatic carboxylic acids is 1. The van der Waals surface area contributed by atoms with Crippen LogP contribution in [0, 0.1) is 5.92 Å². The molecule has 0 aliphatic heterocycles. The molecular formula is C21H25F3N2O4. The predicted molar refractivity (Wildman–Crippen MR) is 105 cm³/mol. The Morgan fingerprint density at radius 1 is 1.07 bits per heavy atom. The Balaban J connectivity index is 0.000000325. The van der Waals surface area contributed by atoms with Gasteiger partial charge in [0.15, 0.2) is 0 Å². The van der Waals surface area contributed by atoms with Gasteiger partial charge >= 0.3 is 12.1 Å². The minimum absolute atomic E-state index is 0.0137. The average molecular weight is 426 g/mol. The van der Waals surface area contributed by atoms with Crippen molar-refractivity contribution in [3.05, 3.63) is 65.0 Å². The highest BCUT2D eigenvalue weighted by Gasteiger charge is 2.30. The zero-order valence-electron chi connectivity index (χ0n) is 16.9. The highest BCUT2D eigenvalue weighted by Crippen LogP contribution is 2.28. The number of nitrogens with zero attached hydrogens (tertiary/aromatic N) is 1. The molecule has 0 spiro atoms. The number of pyridine rings is 1. The zero-order chi connectivity index (χ0) is 22.9. The second kappa shape index (κ2) is 11.3. The quantitative estimate of drug-likeness (QED) is 0.643. The number of benzene rings is 1. The molecule has 1 atom stereocenters.